The zero-order valence-electron chi connectivity index (χ0n) is 12.9. The van der Waals surface area contributed by atoms with Crippen molar-refractivity contribution in [3.8, 4) is 0 Å². The van der Waals surface area contributed by atoms with E-state index in [1.165, 1.54) is 0 Å². The molecule has 1 saturated heterocycles. The van der Waals surface area contributed by atoms with Crippen LogP contribution in [0.4, 0.5) is 5.82 Å². The van der Waals surface area contributed by atoms with Gasteiger partial charge in [0.1, 0.15) is 5.82 Å². The summed E-state index contributed by atoms with van der Waals surface area (Å²) >= 11 is 6.06. The normalized spacial score (nSPS) is 18.3. The first-order valence-corrected chi connectivity index (χ1v) is 7.61. The Kier molecular flexibility index (Phi) is 5.06. The smallest absolute Gasteiger partial charge is 0.252 e. The maximum Gasteiger partial charge on any atom is 0.252 e. The Morgan fingerprint density at radius 2 is 2.14 bits per heavy atom. The van der Waals surface area contributed by atoms with Gasteiger partial charge < -0.3 is 15.5 Å². The van der Waals surface area contributed by atoms with Gasteiger partial charge in [-0.1, -0.05) is 18.5 Å². The summed E-state index contributed by atoms with van der Waals surface area (Å²) < 4.78 is 0. The van der Waals surface area contributed by atoms with E-state index in [1.807, 2.05) is 0 Å². The number of amides is 1. The van der Waals surface area contributed by atoms with Crippen molar-refractivity contribution in [1.29, 1.82) is 0 Å². The van der Waals surface area contributed by atoms with Crippen molar-refractivity contribution < 1.29 is 4.79 Å². The molecule has 0 aliphatic carbocycles. The second kappa shape index (κ2) is 6.62. The van der Waals surface area contributed by atoms with E-state index in [9.17, 15) is 4.79 Å². The van der Waals surface area contributed by atoms with Crippen molar-refractivity contribution >= 4 is 23.3 Å². The van der Waals surface area contributed by atoms with Gasteiger partial charge in [-0.2, -0.15) is 0 Å². The summed E-state index contributed by atoms with van der Waals surface area (Å²) in [6.07, 6.45) is 3.74. The van der Waals surface area contributed by atoms with E-state index in [2.05, 4.69) is 34.5 Å². The molecule has 5 nitrogen and oxygen atoms in total. The van der Waals surface area contributed by atoms with Crippen LogP contribution in [-0.2, 0) is 0 Å². The molecule has 2 N–H and O–H groups in total. The molecule has 0 saturated carbocycles. The summed E-state index contributed by atoms with van der Waals surface area (Å²) in [6, 6.07) is 1.65. The zero-order valence-corrected chi connectivity index (χ0v) is 13.6. The lowest BCUT2D eigenvalue weighted by atomic mass is 9.80. The third-order valence-corrected chi connectivity index (χ3v) is 4.50. The second-order valence-electron chi connectivity index (χ2n) is 6.10. The molecular formula is C15H23ClN4O. The minimum Gasteiger partial charge on any atom is -0.372 e. The van der Waals surface area contributed by atoms with Crippen LogP contribution in [-0.4, -0.2) is 49.5 Å². The van der Waals surface area contributed by atoms with Gasteiger partial charge >= 0.3 is 0 Å². The fourth-order valence-corrected chi connectivity index (χ4v) is 2.74. The van der Waals surface area contributed by atoms with Crippen LogP contribution in [0.5, 0.6) is 0 Å². The van der Waals surface area contributed by atoms with E-state index in [1.54, 1.807) is 19.3 Å². The Morgan fingerprint density at radius 1 is 1.48 bits per heavy atom. The first kappa shape index (κ1) is 16.0. The lowest BCUT2D eigenvalue weighted by Gasteiger charge is -2.37. The minimum atomic E-state index is -0.118. The largest absolute Gasteiger partial charge is 0.372 e. The highest BCUT2D eigenvalue weighted by molar-refractivity contribution is 6.33. The van der Waals surface area contributed by atoms with Gasteiger partial charge in [0.25, 0.3) is 5.91 Å². The summed E-state index contributed by atoms with van der Waals surface area (Å²) in [4.78, 5) is 18.7. The molecule has 1 aliphatic rings. The molecule has 21 heavy (non-hydrogen) atoms. The summed E-state index contributed by atoms with van der Waals surface area (Å²) in [6.45, 7) is 5.08. The second-order valence-corrected chi connectivity index (χ2v) is 6.51. The molecule has 2 heterocycles. The van der Waals surface area contributed by atoms with Crippen LogP contribution in [0.15, 0.2) is 12.3 Å². The van der Waals surface area contributed by atoms with Crippen LogP contribution in [0, 0.1) is 5.41 Å². The van der Waals surface area contributed by atoms with Crippen molar-refractivity contribution in [2.45, 2.75) is 19.8 Å². The van der Waals surface area contributed by atoms with E-state index in [0.717, 1.165) is 25.9 Å². The minimum absolute atomic E-state index is 0.118. The van der Waals surface area contributed by atoms with E-state index < -0.39 is 0 Å². The molecule has 2 rings (SSSR count). The highest BCUT2D eigenvalue weighted by Gasteiger charge is 2.29. The topological polar surface area (TPSA) is 57.3 Å². The highest BCUT2D eigenvalue weighted by atomic mass is 35.5. The number of halogens is 1. The van der Waals surface area contributed by atoms with Crippen molar-refractivity contribution in [2.24, 2.45) is 5.41 Å². The maximum absolute atomic E-state index is 12.2. The molecule has 1 aliphatic heterocycles. The number of anilines is 1. The number of aromatic nitrogens is 1. The van der Waals surface area contributed by atoms with Gasteiger partial charge in [0, 0.05) is 19.8 Å². The maximum atomic E-state index is 12.2. The number of likely N-dealkylation sites (tertiary alicyclic amines) is 1. The molecule has 1 fully saturated rings. The molecule has 0 bridgehead atoms. The quantitative estimate of drug-likeness (QED) is 0.895. The third kappa shape index (κ3) is 4.08. The standard InChI is InChI=1S/C15H23ClN4O/c1-15(4-6-20(3)7-5-15)10-19-14(21)11-8-12(16)13(17-2)18-9-11/h8-9H,4-7,10H2,1-3H3,(H,17,18)(H,19,21). The van der Waals surface area contributed by atoms with Crippen LogP contribution in [0.3, 0.4) is 0 Å². The molecule has 1 aromatic rings. The average molecular weight is 311 g/mol. The Bertz CT molecular complexity index is 512. The molecule has 0 spiro atoms. The van der Waals surface area contributed by atoms with Crippen LogP contribution >= 0.6 is 11.6 Å². The van der Waals surface area contributed by atoms with Crippen LogP contribution < -0.4 is 10.6 Å². The molecule has 1 amide bonds. The average Bonchev–Trinajstić information content (AvgIpc) is 2.48. The Labute approximate surface area is 131 Å². The van der Waals surface area contributed by atoms with Gasteiger partial charge in [0.2, 0.25) is 0 Å². The Morgan fingerprint density at radius 3 is 2.71 bits per heavy atom. The lowest BCUT2D eigenvalue weighted by Crippen LogP contribution is -2.43. The third-order valence-electron chi connectivity index (χ3n) is 4.21. The first-order chi connectivity index (χ1) is 9.93. The predicted molar refractivity (Wildman–Crippen MR) is 86.0 cm³/mol. The number of rotatable bonds is 4. The summed E-state index contributed by atoms with van der Waals surface area (Å²) in [5, 5.41) is 6.34. The van der Waals surface area contributed by atoms with E-state index in [4.69, 9.17) is 11.6 Å². The number of nitrogens with zero attached hydrogens (tertiary/aromatic N) is 2. The Balaban J connectivity index is 1.94. The monoisotopic (exact) mass is 310 g/mol. The predicted octanol–water partition coefficient (Wildman–Crippen LogP) is 2.24. The van der Waals surface area contributed by atoms with Gasteiger partial charge in [-0.25, -0.2) is 4.98 Å². The van der Waals surface area contributed by atoms with E-state index in [0.29, 0.717) is 22.9 Å². The SMILES string of the molecule is CNc1ncc(C(=O)NCC2(C)CCN(C)CC2)cc1Cl. The number of carbonyl (C=O) groups is 1. The van der Waals surface area contributed by atoms with Gasteiger partial charge in [0.05, 0.1) is 10.6 Å². The van der Waals surface area contributed by atoms with Crippen molar-refractivity contribution in [1.82, 2.24) is 15.2 Å². The molecular weight excluding hydrogens is 288 g/mol. The van der Waals surface area contributed by atoms with Crippen LogP contribution in [0.1, 0.15) is 30.1 Å². The van der Waals surface area contributed by atoms with Crippen molar-refractivity contribution in [2.75, 3.05) is 39.0 Å². The number of hydrogen-bond donors (Lipinski definition) is 2. The fourth-order valence-electron chi connectivity index (χ4n) is 2.48. The van der Waals surface area contributed by atoms with E-state index in [-0.39, 0.29) is 11.3 Å². The zero-order chi connectivity index (χ0) is 15.5. The number of piperidine rings is 1. The summed E-state index contributed by atoms with van der Waals surface area (Å²) in [5.74, 6) is 0.461. The Hall–Kier alpha value is -1.33. The summed E-state index contributed by atoms with van der Waals surface area (Å²) in [5.41, 5.74) is 0.667. The van der Waals surface area contributed by atoms with Gasteiger partial charge in [-0.05, 0) is 44.5 Å². The lowest BCUT2D eigenvalue weighted by molar-refractivity contribution is 0.0891. The molecule has 0 aromatic carbocycles. The van der Waals surface area contributed by atoms with Gasteiger partial charge in [0.15, 0.2) is 0 Å². The first-order valence-electron chi connectivity index (χ1n) is 7.23. The number of pyridine rings is 1. The number of carbonyl (C=O) groups excluding carboxylic acids is 1. The molecule has 116 valence electrons. The van der Waals surface area contributed by atoms with Crippen molar-refractivity contribution in [3.63, 3.8) is 0 Å². The van der Waals surface area contributed by atoms with Gasteiger partial charge in [-0.3, -0.25) is 4.79 Å². The van der Waals surface area contributed by atoms with E-state index >= 15 is 0 Å². The fraction of sp³-hybridized carbons (Fsp3) is 0.600. The highest BCUT2D eigenvalue weighted by Crippen LogP contribution is 2.29. The number of nitrogens with one attached hydrogen (secondary N) is 2. The van der Waals surface area contributed by atoms with Crippen LogP contribution in [0.25, 0.3) is 0 Å². The van der Waals surface area contributed by atoms with Crippen molar-refractivity contribution in [3.05, 3.63) is 22.8 Å². The number of hydrogen-bond acceptors (Lipinski definition) is 4. The molecule has 1 aromatic heterocycles. The van der Waals surface area contributed by atoms with Gasteiger partial charge in [-0.15, -0.1) is 0 Å². The summed E-state index contributed by atoms with van der Waals surface area (Å²) in [7, 11) is 3.88. The molecule has 6 heteroatoms. The molecule has 0 radical (unpaired) electrons. The molecule has 0 atom stereocenters. The molecule has 0 unspecified atom stereocenters. The van der Waals surface area contributed by atoms with Crippen LogP contribution in [0.2, 0.25) is 5.02 Å².